The number of benzene rings is 2. The highest BCUT2D eigenvalue weighted by Gasteiger charge is 2.23. The summed E-state index contributed by atoms with van der Waals surface area (Å²) in [6.45, 7) is 1.44. The first-order chi connectivity index (χ1) is 12.5. The SMILES string of the molecule is CC(=O)Nc1cccc2[nH]c(NC3CCCc4cc(F)c(F)cc43)nc12. The molecule has 0 saturated carbocycles. The van der Waals surface area contributed by atoms with Gasteiger partial charge in [-0.25, -0.2) is 13.8 Å². The van der Waals surface area contributed by atoms with E-state index in [1.54, 1.807) is 6.07 Å². The maximum atomic E-state index is 13.7. The zero-order valence-electron chi connectivity index (χ0n) is 14.2. The Bertz CT molecular complexity index is 999. The largest absolute Gasteiger partial charge is 0.349 e. The minimum Gasteiger partial charge on any atom is -0.349 e. The molecule has 0 saturated heterocycles. The number of aromatic amines is 1. The molecular formula is C19H18F2N4O. The maximum Gasteiger partial charge on any atom is 0.221 e. The summed E-state index contributed by atoms with van der Waals surface area (Å²) < 4.78 is 27.2. The highest BCUT2D eigenvalue weighted by Crippen LogP contribution is 2.34. The number of para-hydroxylation sites is 1. The van der Waals surface area contributed by atoms with Gasteiger partial charge in [0.25, 0.3) is 0 Å². The van der Waals surface area contributed by atoms with Crippen LogP contribution in [0.3, 0.4) is 0 Å². The predicted molar refractivity (Wildman–Crippen MR) is 96.1 cm³/mol. The van der Waals surface area contributed by atoms with Crippen molar-refractivity contribution in [3.63, 3.8) is 0 Å². The van der Waals surface area contributed by atoms with Crippen molar-refractivity contribution in [1.29, 1.82) is 0 Å². The van der Waals surface area contributed by atoms with Crippen molar-refractivity contribution in [1.82, 2.24) is 9.97 Å². The third-order valence-electron chi connectivity index (χ3n) is 4.63. The lowest BCUT2D eigenvalue weighted by Crippen LogP contribution is -2.18. The number of hydrogen-bond donors (Lipinski definition) is 3. The number of nitrogens with zero attached hydrogens (tertiary/aromatic N) is 1. The van der Waals surface area contributed by atoms with Gasteiger partial charge in [0.1, 0.15) is 5.52 Å². The minimum atomic E-state index is -0.838. The monoisotopic (exact) mass is 356 g/mol. The summed E-state index contributed by atoms with van der Waals surface area (Å²) >= 11 is 0. The third-order valence-corrected chi connectivity index (χ3v) is 4.63. The topological polar surface area (TPSA) is 69.8 Å². The fraction of sp³-hybridized carbons (Fsp3) is 0.263. The number of amides is 1. The second-order valence-corrected chi connectivity index (χ2v) is 6.52. The van der Waals surface area contributed by atoms with E-state index in [0.717, 1.165) is 35.9 Å². The van der Waals surface area contributed by atoms with Crippen molar-refractivity contribution in [3.8, 4) is 0 Å². The fourth-order valence-corrected chi connectivity index (χ4v) is 3.50. The van der Waals surface area contributed by atoms with Crippen molar-refractivity contribution in [2.24, 2.45) is 0 Å². The van der Waals surface area contributed by atoms with Crippen molar-refractivity contribution in [3.05, 3.63) is 53.1 Å². The number of rotatable bonds is 3. The molecule has 0 fully saturated rings. The average molecular weight is 356 g/mol. The first-order valence-corrected chi connectivity index (χ1v) is 8.52. The van der Waals surface area contributed by atoms with Crippen LogP contribution in [0.15, 0.2) is 30.3 Å². The Hall–Kier alpha value is -2.96. The van der Waals surface area contributed by atoms with Crippen molar-refractivity contribution in [2.75, 3.05) is 10.6 Å². The quantitative estimate of drug-likeness (QED) is 0.656. The molecule has 1 aliphatic carbocycles. The Balaban J connectivity index is 1.67. The molecule has 5 nitrogen and oxygen atoms in total. The molecule has 1 heterocycles. The van der Waals surface area contributed by atoms with Crippen LogP contribution in [-0.4, -0.2) is 15.9 Å². The average Bonchev–Trinajstić information content (AvgIpc) is 3.00. The molecule has 1 aromatic heterocycles. The number of fused-ring (bicyclic) bond motifs is 2. The van der Waals surface area contributed by atoms with E-state index in [2.05, 4.69) is 20.6 Å². The second kappa shape index (κ2) is 6.40. The van der Waals surface area contributed by atoms with Crippen LogP contribution >= 0.6 is 0 Å². The number of H-pyrrole nitrogens is 1. The minimum absolute atomic E-state index is 0.154. The molecule has 0 bridgehead atoms. The van der Waals surface area contributed by atoms with Crippen LogP contribution in [0.4, 0.5) is 20.4 Å². The van der Waals surface area contributed by atoms with Gasteiger partial charge in [0, 0.05) is 6.92 Å². The zero-order valence-corrected chi connectivity index (χ0v) is 14.2. The number of carbonyl (C=O) groups excluding carboxylic acids is 1. The molecule has 3 N–H and O–H groups in total. The molecule has 1 amide bonds. The van der Waals surface area contributed by atoms with Crippen molar-refractivity contribution < 1.29 is 13.6 Å². The Morgan fingerprint density at radius 2 is 2.08 bits per heavy atom. The molecule has 0 radical (unpaired) electrons. The standard InChI is InChI=1S/C19H18F2N4O/c1-10(26)22-16-6-3-7-17-18(16)25-19(24-17)23-15-5-2-4-11-8-13(20)14(21)9-12(11)15/h3,6-9,15H,2,4-5H2,1H3,(H,22,26)(H2,23,24,25). The Morgan fingerprint density at radius 3 is 2.88 bits per heavy atom. The van der Waals surface area contributed by atoms with E-state index in [0.29, 0.717) is 17.2 Å². The lowest BCUT2D eigenvalue weighted by molar-refractivity contribution is -0.114. The number of halogens is 2. The summed E-state index contributed by atoms with van der Waals surface area (Å²) in [5.74, 6) is -1.29. The van der Waals surface area contributed by atoms with Gasteiger partial charge < -0.3 is 15.6 Å². The van der Waals surface area contributed by atoms with Crippen molar-refractivity contribution in [2.45, 2.75) is 32.2 Å². The van der Waals surface area contributed by atoms with E-state index in [9.17, 15) is 13.6 Å². The Labute approximate surface area is 148 Å². The first-order valence-electron chi connectivity index (χ1n) is 8.52. The summed E-state index contributed by atoms with van der Waals surface area (Å²) in [5, 5.41) is 6.04. The zero-order chi connectivity index (χ0) is 18.3. The molecule has 4 rings (SSSR count). The fourth-order valence-electron chi connectivity index (χ4n) is 3.50. The molecule has 26 heavy (non-hydrogen) atoms. The summed E-state index contributed by atoms with van der Waals surface area (Å²) in [6.07, 6.45) is 2.41. The molecule has 1 unspecified atom stereocenters. The van der Waals surface area contributed by atoms with Crippen molar-refractivity contribution >= 4 is 28.6 Å². The Kier molecular flexibility index (Phi) is 4.06. The normalized spacial score (nSPS) is 16.3. The van der Waals surface area contributed by atoms with Crippen LogP contribution in [0.5, 0.6) is 0 Å². The van der Waals surface area contributed by atoms with Gasteiger partial charge in [-0.05, 0) is 54.7 Å². The van der Waals surface area contributed by atoms with Gasteiger partial charge in [-0.3, -0.25) is 4.79 Å². The maximum absolute atomic E-state index is 13.7. The number of carbonyl (C=O) groups is 1. The smallest absolute Gasteiger partial charge is 0.221 e. The lowest BCUT2D eigenvalue weighted by Gasteiger charge is -2.26. The van der Waals surface area contributed by atoms with Gasteiger partial charge in [-0.2, -0.15) is 0 Å². The summed E-state index contributed by atoms with van der Waals surface area (Å²) in [4.78, 5) is 19.0. The third kappa shape index (κ3) is 3.00. The number of aromatic nitrogens is 2. The van der Waals surface area contributed by atoms with Gasteiger partial charge in [0.15, 0.2) is 11.6 Å². The molecular weight excluding hydrogens is 338 g/mol. The molecule has 1 atom stereocenters. The number of imidazole rings is 1. The van der Waals surface area contributed by atoms with Gasteiger partial charge in [-0.15, -0.1) is 0 Å². The summed E-state index contributed by atoms with van der Waals surface area (Å²) in [5.41, 5.74) is 3.63. The van der Waals surface area contributed by atoms with Crippen LogP contribution in [0, 0.1) is 11.6 Å². The predicted octanol–water partition coefficient (Wildman–Crippen LogP) is 4.29. The van der Waals surface area contributed by atoms with Crippen LogP contribution in [-0.2, 0) is 11.2 Å². The molecule has 3 aromatic rings. The van der Waals surface area contributed by atoms with E-state index < -0.39 is 11.6 Å². The first kappa shape index (κ1) is 16.5. The van der Waals surface area contributed by atoms with Gasteiger partial charge >= 0.3 is 0 Å². The number of nitrogens with one attached hydrogen (secondary N) is 3. The highest BCUT2D eigenvalue weighted by molar-refractivity contribution is 5.99. The lowest BCUT2D eigenvalue weighted by atomic mass is 9.87. The van der Waals surface area contributed by atoms with Crippen LogP contribution < -0.4 is 10.6 Å². The number of hydrogen-bond acceptors (Lipinski definition) is 3. The summed E-state index contributed by atoms with van der Waals surface area (Å²) in [6, 6.07) is 7.87. The van der Waals surface area contributed by atoms with E-state index >= 15 is 0 Å². The molecule has 134 valence electrons. The summed E-state index contributed by atoms with van der Waals surface area (Å²) in [7, 11) is 0. The van der Waals surface area contributed by atoms with E-state index in [1.165, 1.54) is 19.1 Å². The van der Waals surface area contributed by atoms with E-state index in [4.69, 9.17) is 0 Å². The molecule has 2 aromatic carbocycles. The molecule has 0 aliphatic heterocycles. The van der Waals surface area contributed by atoms with Gasteiger partial charge in [-0.1, -0.05) is 6.07 Å². The van der Waals surface area contributed by atoms with Gasteiger partial charge in [0.2, 0.25) is 11.9 Å². The molecule has 7 heteroatoms. The highest BCUT2D eigenvalue weighted by atomic mass is 19.2. The van der Waals surface area contributed by atoms with E-state index in [-0.39, 0.29) is 11.9 Å². The van der Waals surface area contributed by atoms with E-state index in [1.807, 2.05) is 12.1 Å². The Morgan fingerprint density at radius 1 is 1.27 bits per heavy atom. The molecule has 0 spiro atoms. The van der Waals surface area contributed by atoms with Crippen LogP contribution in [0.1, 0.15) is 36.9 Å². The van der Waals surface area contributed by atoms with Crippen LogP contribution in [0.25, 0.3) is 11.0 Å². The van der Waals surface area contributed by atoms with Gasteiger partial charge in [0.05, 0.1) is 17.2 Å². The number of aryl methyl sites for hydroxylation is 1. The molecule has 1 aliphatic rings. The number of anilines is 2. The second-order valence-electron chi connectivity index (χ2n) is 6.52. The van der Waals surface area contributed by atoms with Crippen LogP contribution in [0.2, 0.25) is 0 Å².